The molecule has 0 spiro atoms. The number of carboxylic acid groups (broad SMARTS) is 1. The smallest absolute Gasteiger partial charge is 0.0784 e. The van der Waals surface area contributed by atoms with Crippen molar-refractivity contribution >= 4 is 5.97 Å². The van der Waals surface area contributed by atoms with Crippen molar-refractivity contribution in [1.82, 2.24) is 0 Å². The van der Waals surface area contributed by atoms with E-state index in [-0.39, 0.29) is 6.42 Å². The monoisotopic (exact) mass is 455 g/mol. The fourth-order valence-corrected chi connectivity index (χ4v) is 4.32. The Morgan fingerprint density at radius 3 is 1.09 bits per heavy atom. The Morgan fingerprint density at radius 2 is 0.781 bits per heavy atom. The molecule has 0 aromatic carbocycles. The molecular formula is C29H61NO2. The van der Waals surface area contributed by atoms with Crippen molar-refractivity contribution in [2.75, 3.05) is 26.7 Å². The van der Waals surface area contributed by atoms with Gasteiger partial charge in [-0.15, -0.1) is 0 Å². The lowest BCUT2D eigenvalue weighted by Crippen LogP contribution is -2.46. The van der Waals surface area contributed by atoms with Crippen molar-refractivity contribution in [3.63, 3.8) is 0 Å². The lowest BCUT2D eigenvalue weighted by Gasteiger charge is -2.35. The molecular weight excluding hydrogens is 394 g/mol. The SMILES string of the molecule is CCCCCCCCCC(=O)[O-].CCCCCC[N+](C)(CCCCCC)CCCCCC. The van der Waals surface area contributed by atoms with E-state index in [1.807, 2.05) is 0 Å². The standard InChI is InChI=1S/C19H42N.C10H20O2/c1-5-8-11-14-17-20(4,18-15-12-9-6-2)19-16-13-10-7-3;1-2-3-4-5-6-7-8-9-10(11)12/h5-19H2,1-4H3;2-9H2,1H3,(H,11,12)/q+1;/p-1. The van der Waals surface area contributed by atoms with Crippen molar-refractivity contribution in [3.05, 3.63) is 0 Å². The summed E-state index contributed by atoms with van der Waals surface area (Å²) in [6.07, 6.45) is 25.3. The summed E-state index contributed by atoms with van der Waals surface area (Å²) in [5.74, 6) is -0.913. The largest absolute Gasteiger partial charge is 0.550 e. The van der Waals surface area contributed by atoms with Crippen LogP contribution in [-0.2, 0) is 4.79 Å². The molecule has 0 bridgehead atoms. The normalized spacial score (nSPS) is 11.3. The molecule has 0 saturated carbocycles. The van der Waals surface area contributed by atoms with Crippen LogP contribution in [-0.4, -0.2) is 37.1 Å². The first kappa shape index (κ1) is 33.6. The molecule has 0 N–H and O–H groups in total. The highest BCUT2D eigenvalue weighted by Crippen LogP contribution is 2.14. The van der Waals surface area contributed by atoms with E-state index in [4.69, 9.17) is 0 Å². The Morgan fingerprint density at radius 1 is 0.500 bits per heavy atom. The van der Waals surface area contributed by atoms with Gasteiger partial charge in [-0.2, -0.15) is 0 Å². The van der Waals surface area contributed by atoms with Gasteiger partial charge in [0.25, 0.3) is 0 Å². The molecule has 0 aliphatic carbocycles. The first-order chi connectivity index (χ1) is 15.5. The quantitative estimate of drug-likeness (QED) is 0.115. The third-order valence-corrected chi connectivity index (χ3v) is 6.64. The number of aliphatic carboxylic acids is 1. The Labute approximate surface area is 203 Å². The predicted molar refractivity (Wildman–Crippen MR) is 141 cm³/mol. The number of hydrogen-bond donors (Lipinski definition) is 0. The van der Waals surface area contributed by atoms with E-state index in [9.17, 15) is 9.90 Å². The number of hydrogen-bond acceptors (Lipinski definition) is 2. The lowest BCUT2D eigenvalue weighted by atomic mass is 10.1. The summed E-state index contributed by atoms with van der Waals surface area (Å²) >= 11 is 0. The minimum absolute atomic E-state index is 0.230. The number of carboxylic acids is 1. The van der Waals surface area contributed by atoms with Crippen LogP contribution in [0.5, 0.6) is 0 Å². The third-order valence-electron chi connectivity index (χ3n) is 6.64. The Hall–Kier alpha value is -0.570. The maximum atomic E-state index is 10.0. The molecule has 3 heteroatoms. The molecule has 0 heterocycles. The molecule has 0 aliphatic heterocycles. The van der Waals surface area contributed by atoms with E-state index < -0.39 is 5.97 Å². The molecule has 0 aromatic rings. The van der Waals surface area contributed by atoms with E-state index in [1.54, 1.807) is 0 Å². The van der Waals surface area contributed by atoms with E-state index in [2.05, 4.69) is 34.7 Å². The number of unbranched alkanes of at least 4 members (excludes halogenated alkanes) is 15. The molecule has 32 heavy (non-hydrogen) atoms. The highest BCUT2D eigenvalue weighted by atomic mass is 16.4. The van der Waals surface area contributed by atoms with Crippen LogP contribution in [0.2, 0.25) is 0 Å². The van der Waals surface area contributed by atoms with E-state index >= 15 is 0 Å². The summed E-state index contributed by atoms with van der Waals surface area (Å²) in [4.78, 5) is 10.0. The number of rotatable bonds is 23. The van der Waals surface area contributed by atoms with Gasteiger partial charge in [0.1, 0.15) is 0 Å². The summed E-state index contributed by atoms with van der Waals surface area (Å²) in [5, 5.41) is 10.0. The molecule has 0 rings (SSSR count). The van der Waals surface area contributed by atoms with Crippen molar-refractivity contribution in [1.29, 1.82) is 0 Å². The van der Waals surface area contributed by atoms with Gasteiger partial charge in [0.2, 0.25) is 0 Å². The summed E-state index contributed by atoms with van der Waals surface area (Å²) in [7, 11) is 2.52. The van der Waals surface area contributed by atoms with Gasteiger partial charge in [0.05, 0.1) is 26.7 Å². The Bertz CT molecular complexity index is 339. The van der Waals surface area contributed by atoms with E-state index in [0.29, 0.717) is 0 Å². The molecule has 0 unspecified atom stereocenters. The van der Waals surface area contributed by atoms with Gasteiger partial charge in [-0.25, -0.2) is 0 Å². The average Bonchev–Trinajstić information content (AvgIpc) is 2.77. The van der Waals surface area contributed by atoms with E-state index in [1.165, 1.54) is 133 Å². The number of carbonyl (C=O) groups is 1. The van der Waals surface area contributed by atoms with Crippen molar-refractivity contribution < 1.29 is 14.4 Å². The molecule has 3 nitrogen and oxygen atoms in total. The molecule has 0 fully saturated rings. The van der Waals surface area contributed by atoms with Gasteiger partial charge in [-0.05, 0) is 51.4 Å². The molecule has 0 amide bonds. The summed E-state index contributed by atoms with van der Waals surface area (Å²) in [6.45, 7) is 13.4. The van der Waals surface area contributed by atoms with Crippen LogP contribution in [0.1, 0.15) is 156 Å². The van der Waals surface area contributed by atoms with Crippen LogP contribution < -0.4 is 5.11 Å². The second kappa shape index (κ2) is 26.7. The van der Waals surface area contributed by atoms with Gasteiger partial charge < -0.3 is 14.4 Å². The van der Waals surface area contributed by atoms with Gasteiger partial charge in [0, 0.05) is 5.97 Å². The van der Waals surface area contributed by atoms with Crippen LogP contribution >= 0.6 is 0 Å². The summed E-state index contributed by atoms with van der Waals surface area (Å²) in [5.41, 5.74) is 0. The van der Waals surface area contributed by atoms with Crippen molar-refractivity contribution in [3.8, 4) is 0 Å². The first-order valence-electron chi connectivity index (χ1n) is 14.5. The highest BCUT2D eigenvalue weighted by Gasteiger charge is 2.19. The third kappa shape index (κ3) is 27.5. The van der Waals surface area contributed by atoms with Crippen LogP contribution in [0.15, 0.2) is 0 Å². The molecule has 0 aliphatic rings. The fraction of sp³-hybridized carbons (Fsp3) is 0.966. The zero-order valence-electron chi connectivity index (χ0n) is 23.0. The zero-order valence-corrected chi connectivity index (χ0v) is 23.0. The summed E-state index contributed by atoms with van der Waals surface area (Å²) < 4.78 is 1.34. The fourth-order valence-electron chi connectivity index (χ4n) is 4.32. The molecule has 0 atom stereocenters. The van der Waals surface area contributed by atoms with Gasteiger partial charge >= 0.3 is 0 Å². The number of quaternary nitrogens is 1. The maximum Gasteiger partial charge on any atom is 0.0784 e. The predicted octanol–water partition coefficient (Wildman–Crippen LogP) is 8.05. The van der Waals surface area contributed by atoms with Gasteiger partial charge in [-0.1, -0.05) is 105 Å². The van der Waals surface area contributed by atoms with E-state index in [0.717, 1.165) is 12.8 Å². The van der Waals surface area contributed by atoms with Crippen molar-refractivity contribution in [2.45, 2.75) is 156 Å². The zero-order chi connectivity index (χ0) is 24.3. The maximum absolute atomic E-state index is 10.0. The molecule has 0 aromatic heterocycles. The molecule has 0 saturated heterocycles. The van der Waals surface area contributed by atoms with Gasteiger partial charge in [0.15, 0.2) is 0 Å². The first-order valence-corrected chi connectivity index (χ1v) is 14.5. The summed E-state index contributed by atoms with van der Waals surface area (Å²) in [6, 6.07) is 0. The minimum Gasteiger partial charge on any atom is -0.550 e. The molecule has 0 radical (unpaired) electrons. The Kier molecular flexibility index (Phi) is 28.0. The lowest BCUT2D eigenvalue weighted by molar-refractivity contribution is -0.910. The highest BCUT2D eigenvalue weighted by molar-refractivity contribution is 5.63. The van der Waals surface area contributed by atoms with Crippen LogP contribution in [0.4, 0.5) is 0 Å². The van der Waals surface area contributed by atoms with Crippen LogP contribution in [0.3, 0.4) is 0 Å². The Balaban J connectivity index is 0. The topological polar surface area (TPSA) is 40.1 Å². The van der Waals surface area contributed by atoms with Crippen LogP contribution in [0, 0.1) is 0 Å². The number of nitrogens with zero attached hydrogens (tertiary/aromatic N) is 1. The second-order valence-electron chi connectivity index (χ2n) is 10.2. The average molecular weight is 456 g/mol. The van der Waals surface area contributed by atoms with Crippen molar-refractivity contribution in [2.24, 2.45) is 0 Å². The van der Waals surface area contributed by atoms with Gasteiger partial charge in [-0.3, -0.25) is 0 Å². The number of carbonyl (C=O) groups excluding carboxylic acids is 1. The molecule has 194 valence electrons. The minimum atomic E-state index is -0.913. The second-order valence-corrected chi connectivity index (χ2v) is 10.2. The van der Waals surface area contributed by atoms with Crippen LogP contribution in [0.25, 0.3) is 0 Å².